The fraction of sp³-hybridized carbons (Fsp3) is 0.917. The zero-order chi connectivity index (χ0) is 13.1. The number of hydrogen-bond donors (Lipinski definition) is 1. The Morgan fingerprint density at radius 3 is 2.41 bits per heavy atom. The molecule has 0 aromatic carbocycles. The van der Waals surface area contributed by atoms with E-state index in [-0.39, 0.29) is 12.5 Å². The van der Waals surface area contributed by atoms with Gasteiger partial charge in [-0.15, -0.1) is 0 Å². The molecule has 0 aromatic rings. The fourth-order valence-electron chi connectivity index (χ4n) is 1.53. The van der Waals surface area contributed by atoms with E-state index in [1.807, 2.05) is 19.0 Å². The number of carbonyl (C=O) groups excluding carboxylic acids is 1. The summed E-state index contributed by atoms with van der Waals surface area (Å²) in [6, 6.07) is 0. The zero-order valence-electron chi connectivity index (χ0n) is 11.3. The van der Waals surface area contributed by atoms with Gasteiger partial charge < -0.3 is 19.6 Å². The van der Waals surface area contributed by atoms with Crippen molar-refractivity contribution >= 4 is 5.91 Å². The summed E-state index contributed by atoms with van der Waals surface area (Å²) in [7, 11) is 5.68. The number of aliphatic hydroxyl groups is 1. The lowest BCUT2D eigenvalue weighted by atomic mass is 10.2. The number of aliphatic hydroxyl groups excluding tert-OH is 1. The molecule has 0 fully saturated rings. The number of carbonyl (C=O) groups is 1. The SMILES string of the molecule is COCCN(CCCN(C)C)C(=O)CCCO. The van der Waals surface area contributed by atoms with Crippen LogP contribution in [0.2, 0.25) is 0 Å². The van der Waals surface area contributed by atoms with E-state index in [1.54, 1.807) is 7.11 Å². The molecule has 0 unspecified atom stereocenters. The Morgan fingerprint density at radius 2 is 1.88 bits per heavy atom. The summed E-state index contributed by atoms with van der Waals surface area (Å²) >= 11 is 0. The lowest BCUT2D eigenvalue weighted by molar-refractivity contribution is -0.132. The molecule has 0 radical (unpaired) electrons. The lowest BCUT2D eigenvalue weighted by Crippen LogP contribution is -2.35. The fourth-order valence-corrected chi connectivity index (χ4v) is 1.53. The highest BCUT2D eigenvalue weighted by Gasteiger charge is 2.12. The van der Waals surface area contributed by atoms with E-state index in [1.165, 1.54) is 0 Å². The molecule has 5 nitrogen and oxygen atoms in total. The molecule has 0 aliphatic rings. The van der Waals surface area contributed by atoms with Crippen LogP contribution in [0.1, 0.15) is 19.3 Å². The minimum Gasteiger partial charge on any atom is -0.396 e. The minimum absolute atomic E-state index is 0.0710. The first-order valence-corrected chi connectivity index (χ1v) is 6.14. The third-order valence-electron chi connectivity index (χ3n) is 2.50. The maximum absolute atomic E-state index is 11.8. The van der Waals surface area contributed by atoms with Crippen molar-refractivity contribution < 1.29 is 14.6 Å². The lowest BCUT2D eigenvalue weighted by Gasteiger charge is -2.23. The Morgan fingerprint density at radius 1 is 1.18 bits per heavy atom. The monoisotopic (exact) mass is 246 g/mol. The molecule has 0 saturated heterocycles. The Balaban J connectivity index is 3.98. The molecule has 0 bridgehead atoms. The average Bonchev–Trinajstić information content (AvgIpc) is 2.30. The highest BCUT2D eigenvalue weighted by molar-refractivity contribution is 5.76. The van der Waals surface area contributed by atoms with E-state index in [4.69, 9.17) is 9.84 Å². The summed E-state index contributed by atoms with van der Waals surface area (Å²) in [5.74, 6) is 0.106. The van der Waals surface area contributed by atoms with Gasteiger partial charge in [-0.3, -0.25) is 4.79 Å². The van der Waals surface area contributed by atoms with Gasteiger partial charge in [0.2, 0.25) is 5.91 Å². The average molecular weight is 246 g/mol. The summed E-state index contributed by atoms with van der Waals surface area (Å²) in [6.07, 6.45) is 1.92. The molecule has 0 aliphatic heterocycles. The molecule has 102 valence electrons. The second-order valence-corrected chi connectivity index (χ2v) is 4.36. The molecule has 0 aromatic heterocycles. The molecular weight excluding hydrogens is 220 g/mol. The maximum atomic E-state index is 11.8. The van der Waals surface area contributed by atoms with Crippen LogP contribution in [0.4, 0.5) is 0 Å². The van der Waals surface area contributed by atoms with Crippen LogP contribution in [-0.4, -0.2) is 74.9 Å². The Labute approximate surface area is 104 Å². The first kappa shape index (κ1) is 16.4. The van der Waals surface area contributed by atoms with Crippen LogP contribution in [0.15, 0.2) is 0 Å². The van der Waals surface area contributed by atoms with Gasteiger partial charge in [0, 0.05) is 33.2 Å². The van der Waals surface area contributed by atoms with Crippen LogP contribution < -0.4 is 0 Å². The van der Waals surface area contributed by atoms with Gasteiger partial charge >= 0.3 is 0 Å². The van der Waals surface area contributed by atoms with Crippen LogP contribution in [0.3, 0.4) is 0 Å². The normalized spacial score (nSPS) is 10.9. The standard InChI is InChI=1S/C12H26N2O3/c1-13(2)7-5-8-14(9-11-17-3)12(16)6-4-10-15/h15H,4-11H2,1-3H3. The minimum atomic E-state index is 0.0710. The first-order chi connectivity index (χ1) is 8.11. The van der Waals surface area contributed by atoms with Crippen molar-refractivity contribution in [2.75, 3.05) is 54.1 Å². The molecule has 5 heteroatoms. The molecule has 0 spiro atoms. The van der Waals surface area contributed by atoms with Gasteiger partial charge in [-0.1, -0.05) is 0 Å². The van der Waals surface area contributed by atoms with Gasteiger partial charge in [-0.05, 0) is 33.5 Å². The van der Waals surface area contributed by atoms with Crippen molar-refractivity contribution in [2.24, 2.45) is 0 Å². The largest absolute Gasteiger partial charge is 0.396 e. The predicted molar refractivity (Wildman–Crippen MR) is 67.9 cm³/mol. The molecule has 1 amide bonds. The van der Waals surface area contributed by atoms with Gasteiger partial charge in [-0.2, -0.15) is 0 Å². The summed E-state index contributed by atoms with van der Waals surface area (Å²) in [4.78, 5) is 15.8. The van der Waals surface area contributed by atoms with Crippen molar-refractivity contribution in [1.29, 1.82) is 0 Å². The van der Waals surface area contributed by atoms with Crippen LogP contribution in [0.5, 0.6) is 0 Å². The van der Waals surface area contributed by atoms with Gasteiger partial charge in [0.05, 0.1) is 6.61 Å². The smallest absolute Gasteiger partial charge is 0.222 e. The van der Waals surface area contributed by atoms with Crippen LogP contribution in [-0.2, 0) is 9.53 Å². The number of methoxy groups -OCH3 is 1. The maximum Gasteiger partial charge on any atom is 0.222 e. The number of hydrogen-bond acceptors (Lipinski definition) is 4. The van der Waals surface area contributed by atoms with Crippen molar-refractivity contribution in [3.05, 3.63) is 0 Å². The van der Waals surface area contributed by atoms with E-state index in [2.05, 4.69) is 4.90 Å². The summed E-state index contributed by atoms with van der Waals surface area (Å²) in [5, 5.41) is 8.72. The first-order valence-electron chi connectivity index (χ1n) is 6.14. The second-order valence-electron chi connectivity index (χ2n) is 4.36. The van der Waals surface area contributed by atoms with E-state index in [9.17, 15) is 4.79 Å². The zero-order valence-corrected chi connectivity index (χ0v) is 11.3. The molecule has 0 heterocycles. The summed E-state index contributed by atoms with van der Waals surface area (Å²) in [6.45, 7) is 2.99. The third kappa shape index (κ3) is 9.09. The number of nitrogens with zero attached hydrogens (tertiary/aromatic N) is 2. The van der Waals surface area contributed by atoms with Crippen molar-refractivity contribution in [3.8, 4) is 0 Å². The number of rotatable bonds is 10. The Kier molecular flexibility index (Phi) is 10.1. The molecule has 1 N–H and O–H groups in total. The van der Waals surface area contributed by atoms with Crippen molar-refractivity contribution in [3.63, 3.8) is 0 Å². The number of amides is 1. The van der Waals surface area contributed by atoms with E-state index in [0.717, 1.165) is 19.5 Å². The highest BCUT2D eigenvalue weighted by Crippen LogP contribution is 2.00. The molecule has 17 heavy (non-hydrogen) atoms. The molecule has 0 rings (SSSR count). The van der Waals surface area contributed by atoms with E-state index >= 15 is 0 Å². The van der Waals surface area contributed by atoms with Crippen LogP contribution in [0.25, 0.3) is 0 Å². The second kappa shape index (κ2) is 10.5. The molecule has 0 aliphatic carbocycles. The third-order valence-corrected chi connectivity index (χ3v) is 2.50. The highest BCUT2D eigenvalue weighted by atomic mass is 16.5. The Hall–Kier alpha value is -0.650. The van der Waals surface area contributed by atoms with E-state index in [0.29, 0.717) is 26.0 Å². The quantitative estimate of drug-likeness (QED) is 0.598. The molecule has 0 saturated carbocycles. The Bertz CT molecular complexity index is 198. The predicted octanol–water partition coefficient (Wildman–Crippen LogP) is 0.186. The molecule has 0 atom stereocenters. The molecular formula is C12H26N2O3. The van der Waals surface area contributed by atoms with Crippen molar-refractivity contribution in [2.45, 2.75) is 19.3 Å². The van der Waals surface area contributed by atoms with Crippen LogP contribution >= 0.6 is 0 Å². The summed E-state index contributed by atoms with van der Waals surface area (Å²) in [5.41, 5.74) is 0. The van der Waals surface area contributed by atoms with Crippen molar-refractivity contribution in [1.82, 2.24) is 9.80 Å². The van der Waals surface area contributed by atoms with Gasteiger partial charge in [0.25, 0.3) is 0 Å². The number of ether oxygens (including phenoxy) is 1. The van der Waals surface area contributed by atoms with Gasteiger partial charge in [-0.25, -0.2) is 0 Å². The van der Waals surface area contributed by atoms with Crippen LogP contribution in [0, 0.1) is 0 Å². The topological polar surface area (TPSA) is 53.0 Å². The van der Waals surface area contributed by atoms with Gasteiger partial charge in [0.15, 0.2) is 0 Å². The van der Waals surface area contributed by atoms with E-state index < -0.39 is 0 Å². The summed E-state index contributed by atoms with van der Waals surface area (Å²) < 4.78 is 5.00. The van der Waals surface area contributed by atoms with Gasteiger partial charge in [0.1, 0.15) is 0 Å².